The van der Waals surface area contributed by atoms with E-state index in [2.05, 4.69) is 10.2 Å². The van der Waals surface area contributed by atoms with Crippen LogP contribution in [0, 0.1) is 5.92 Å². The van der Waals surface area contributed by atoms with E-state index >= 15 is 0 Å². The number of likely N-dealkylation sites (N-methyl/N-ethyl adjacent to an activating group) is 1. The zero-order valence-electron chi connectivity index (χ0n) is 8.40. The summed E-state index contributed by atoms with van der Waals surface area (Å²) < 4.78 is 36.9. The lowest BCUT2D eigenvalue weighted by Gasteiger charge is -2.32. The van der Waals surface area contributed by atoms with E-state index in [1.807, 2.05) is 7.05 Å². The molecule has 0 radical (unpaired) electrons. The average Bonchev–Trinajstić information content (AvgIpc) is 2.14. The van der Waals surface area contributed by atoms with Gasteiger partial charge in [-0.15, -0.1) is 0 Å². The number of hydrogen-bond acceptors (Lipinski definition) is 2. The third-order valence-corrected chi connectivity index (χ3v) is 2.73. The van der Waals surface area contributed by atoms with Crippen molar-refractivity contribution in [3.63, 3.8) is 0 Å². The van der Waals surface area contributed by atoms with Crippen molar-refractivity contribution in [2.45, 2.75) is 19.0 Å². The zero-order chi connectivity index (χ0) is 10.6. The summed E-state index contributed by atoms with van der Waals surface area (Å²) in [6.45, 7) is 2.84. The number of hydrogen-bond donors (Lipinski definition) is 1. The minimum Gasteiger partial charge on any atom is -0.318 e. The molecule has 0 bridgehead atoms. The van der Waals surface area contributed by atoms with E-state index in [1.165, 1.54) is 0 Å². The molecule has 2 nitrogen and oxygen atoms in total. The zero-order valence-corrected chi connectivity index (χ0v) is 8.40. The number of rotatable bonds is 3. The third-order valence-electron chi connectivity index (χ3n) is 2.73. The second-order valence-corrected chi connectivity index (χ2v) is 3.76. The third kappa shape index (κ3) is 3.46. The molecule has 0 aromatic rings. The Kier molecular flexibility index (Phi) is 4.19. The van der Waals surface area contributed by atoms with Gasteiger partial charge >= 0.3 is 6.18 Å². The van der Waals surface area contributed by atoms with Crippen LogP contribution in [0.5, 0.6) is 0 Å². The monoisotopic (exact) mass is 210 g/mol. The second kappa shape index (κ2) is 4.98. The molecule has 0 amide bonds. The smallest absolute Gasteiger partial charge is 0.318 e. The van der Waals surface area contributed by atoms with E-state index in [0.29, 0.717) is 13.1 Å². The first-order valence-electron chi connectivity index (χ1n) is 4.97. The first-order chi connectivity index (χ1) is 6.54. The quantitative estimate of drug-likeness (QED) is 0.759. The van der Waals surface area contributed by atoms with E-state index in [0.717, 1.165) is 13.1 Å². The lowest BCUT2D eigenvalue weighted by atomic mass is 9.96. The van der Waals surface area contributed by atoms with Gasteiger partial charge in [-0.25, -0.2) is 0 Å². The maximum atomic E-state index is 12.3. The fraction of sp³-hybridized carbons (Fsp3) is 1.00. The Bertz CT molecular complexity index is 162. The highest BCUT2D eigenvalue weighted by molar-refractivity contribution is 4.77. The first-order valence-corrected chi connectivity index (χ1v) is 4.97. The molecule has 84 valence electrons. The molecule has 1 saturated heterocycles. The van der Waals surface area contributed by atoms with Crippen LogP contribution in [0.25, 0.3) is 0 Å². The van der Waals surface area contributed by atoms with Crippen molar-refractivity contribution in [2.75, 3.05) is 33.2 Å². The summed E-state index contributed by atoms with van der Waals surface area (Å²) in [6, 6.07) is 0. The largest absolute Gasteiger partial charge is 0.391 e. The summed E-state index contributed by atoms with van der Waals surface area (Å²) in [7, 11) is 1.85. The van der Waals surface area contributed by atoms with Crippen LogP contribution in [-0.4, -0.2) is 44.3 Å². The Morgan fingerprint density at radius 1 is 1.29 bits per heavy atom. The molecule has 5 heteroatoms. The molecule has 1 aliphatic rings. The van der Waals surface area contributed by atoms with Gasteiger partial charge in [-0.2, -0.15) is 13.2 Å². The minimum absolute atomic E-state index is 0.257. The van der Waals surface area contributed by atoms with Crippen LogP contribution in [0.2, 0.25) is 0 Å². The molecule has 1 fully saturated rings. The summed E-state index contributed by atoms with van der Waals surface area (Å²) in [4.78, 5) is 2.08. The highest BCUT2D eigenvalue weighted by Gasteiger charge is 2.40. The molecule has 0 aromatic heterocycles. The number of piperidine rings is 1. The molecule has 0 aliphatic carbocycles. The van der Waals surface area contributed by atoms with Gasteiger partial charge in [0.1, 0.15) is 0 Å². The topological polar surface area (TPSA) is 15.3 Å². The molecule has 0 spiro atoms. The van der Waals surface area contributed by atoms with Crippen molar-refractivity contribution in [3.05, 3.63) is 0 Å². The number of nitrogens with zero attached hydrogens (tertiary/aromatic N) is 1. The van der Waals surface area contributed by atoms with Gasteiger partial charge in [-0.05, 0) is 33.0 Å². The summed E-state index contributed by atoms with van der Waals surface area (Å²) in [6.07, 6.45) is -3.48. The van der Waals surface area contributed by atoms with Crippen molar-refractivity contribution >= 4 is 0 Å². The molecule has 1 heterocycles. The second-order valence-electron chi connectivity index (χ2n) is 3.76. The van der Waals surface area contributed by atoms with Crippen LogP contribution < -0.4 is 5.32 Å². The SMILES string of the molecule is CNCCN1CCC(C(F)(F)F)CC1. The predicted octanol–water partition coefficient (Wildman–Crippen LogP) is 1.48. The number of alkyl halides is 3. The molecular weight excluding hydrogens is 193 g/mol. The maximum absolute atomic E-state index is 12.3. The van der Waals surface area contributed by atoms with E-state index < -0.39 is 12.1 Å². The predicted molar refractivity (Wildman–Crippen MR) is 49.1 cm³/mol. The van der Waals surface area contributed by atoms with Gasteiger partial charge in [0, 0.05) is 13.1 Å². The number of halogens is 3. The van der Waals surface area contributed by atoms with Crippen LogP contribution in [0.4, 0.5) is 13.2 Å². The minimum atomic E-state index is -3.99. The molecule has 0 aromatic carbocycles. The molecule has 0 atom stereocenters. The van der Waals surface area contributed by atoms with Crippen molar-refractivity contribution in [1.82, 2.24) is 10.2 Å². The molecule has 0 unspecified atom stereocenters. The van der Waals surface area contributed by atoms with Crippen molar-refractivity contribution in [1.29, 1.82) is 0 Å². The van der Waals surface area contributed by atoms with Crippen LogP contribution in [0.15, 0.2) is 0 Å². The number of nitrogens with one attached hydrogen (secondary N) is 1. The average molecular weight is 210 g/mol. The first kappa shape index (κ1) is 11.8. The summed E-state index contributed by atoms with van der Waals surface area (Å²) >= 11 is 0. The molecule has 1 rings (SSSR count). The lowest BCUT2D eigenvalue weighted by Crippen LogP contribution is -2.41. The summed E-state index contributed by atoms with van der Waals surface area (Å²) in [5.74, 6) is -1.08. The normalized spacial score (nSPS) is 21.4. The van der Waals surface area contributed by atoms with E-state index in [-0.39, 0.29) is 12.8 Å². The van der Waals surface area contributed by atoms with Gasteiger partial charge < -0.3 is 10.2 Å². The van der Waals surface area contributed by atoms with E-state index in [4.69, 9.17) is 0 Å². The maximum Gasteiger partial charge on any atom is 0.391 e. The Morgan fingerprint density at radius 2 is 1.86 bits per heavy atom. The van der Waals surface area contributed by atoms with Gasteiger partial charge in [0.05, 0.1) is 5.92 Å². The van der Waals surface area contributed by atoms with Crippen LogP contribution in [-0.2, 0) is 0 Å². The van der Waals surface area contributed by atoms with Gasteiger partial charge in [0.25, 0.3) is 0 Å². The van der Waals surface area contributed by atoms with Crippen molar-refractivity contribution in [3.8, 4) is 0 Å². The van der Waals surface area contributed by atoms with E-state index in [1.54, 1.807) is 0 Å². The Labute approximate surface area is 82.5 Å². The van der Waals surface area contributed by atoms with Gasteiger partial charge in [-0.1, -0.05) is 0 Å². The molecule has 0 saturated carbocycles. The Morgan fingerprint density at radius 3 is 2.29 bits per heavy atom. The van der Waals surface area contributed by atoms with Gasteiger partial charge in [-0.3, -0.25) is 0 Å². The highest BCUT2D eigenvalue weighted by atomic mass is 19.4. The summed E-state index contributed by atoms with van der Waals surface area (Å²) in [5, 5.41) is 2.99. The fourth-order valence-electron chi connectivity index (χ4n) is 1.75. The molecule has 1 aliphatic heterocycles. The standard InChI is InChI=1S/C9H17F3N2/c1-13-4-7-14-5-2-8(3-6-14)9(10,11)12/h8,13H,2-7H2,1H3. The Hall–Kier alpha value is -0.290. The van der Waals surface area contributed by atoms with Gasteiger partial charge in [0.2, 0.25) is 0 Å². The lowest BCUT2D eigenvalue weighted by molar-refractivity contribution is -0.184. The fourth-order valence-corrected chi connectivity index (χ4v) is 1.75. The molecule has 14 heavy (non-hydrogen) atoms. The van der Waals surface area contributed by atoms with Crippen LogP contribution >= 0.6 is 0 Å². The Balaban J connectivity index is 2.24. The van der Waals surface area contributed by atoms with Crippen LogP contribution in [0.3, 0.4) is 0 Å². The van der Waals surface area contributed by atoms with Gasteiger partial charge in [0.15, 0.2) is 0 Å². The molecule has 1 N–H and O–H groups in total. The van der Waals surface area contributed by atoms with E-state index in [9.17, 15) is 13.2 Å². The van der Waals surface area contributed by atoms with Crippen LogP contribution in [0.1, 0.15) is 12.8 Å². The van der Waals surface area contributed by atoms with Crippen molar-refractivity contribution in [2.24, 2.45) is 5.92 Å². The highest BCUT2D eigenvalue weighted by Crippen LogP contribution is 2.33. The molecular formula is C9H17F3N2. The summed E-state index contributed by atoms with van der Waals surface area (Å²) in [5.41, 5.74) is 0. The number of likely N-dealkylation sites (tertiary alicyclic amines) is 1. The van der Waals surface area contributed by atoms with Crippen molar-refractivity contribution < 1.29 is 13.2 Å².